The Kier molecular flexibility index (Phi) is 5.49. The summed E-state index contributed by atoms with van der Waals surface area (Å²) in [7, 11) is -3.57. The maximum Gasteiger partial charge on any atom is 0.246 e. The van der Waals surface area contributed by atoms with E-state index in [-0.39, 0.29) is 11.0 Å². The van der Waals surface area contributed by atoms with Crippen LogP contribution in [0.4, 0.5) is 5.95 Å². The molecule has 2 rings (SSSR count). The Balaban J connectivity index is 2.13. The van der Waals surface area contributed by atoms with Gasteiger partial charge in [-0.3, -0.25) is 0 Å². The van der Waals surface area contributed by atoms with Gasteiger partial charge in [-0.1, -0.05) is 6.92 Å². The van der Waals surface area contributed by atoms with Crippen LogP contribution in [0.25, 0.3) is 0 Å². The summed E-state index contributed by atoms with van der Waals surface area (Å²) in [5, 5.41) is 2.94. The van der Waals surface area contributed by atoms with Gasteiger partial charge in [0.25, 0.3) is 0 Å². The summed E-state index contributed by atoms with van der Waals surface area (Å²) < 4.78 is 32.1. The molecular weight excluding hydrogens is 292 g/mol. The van der Waals surface area contributed by atoms with Crippen molar-refractivity contribution in [2.45, 2.75) is 37.7 Å². The lowest BCUT2D eigenvalue weighted by molar-refractivity contribution is 0.0946. The lowest BCUT2D eigenvalue weighted by Crippen LogP contribution is -2.37. The summed E-state index contributed by atoms with van der Waals surface area (Å²) >= 11 is 0. The van der Waals surface area contributed by atoms with Crippen molar-refractivity contribution >= 4 is 16.0 Å². The third kappa shape index (κ3) is 3.90. The minimum absolute atomic E-state index is 0.0123. The molecule has 0 amide bonds. The van der Waals surface area contributed by atoms with Gasteiger partial charge in [-0.2, -0.15) is 4.31 Å². The zero-order valence-electron chi connectivity index (χ0n) is 12.4. The Morgan fingerprint density at radius 2 is 2.10 bits per heavy atom. The smallest absolute Gasteiger partial charge is 0.246 e. The number of nitrogens with zero attached hydrogens (tertiary/aromatic N) is 3. The van der Waals surface area contributed by atoms with Crippen molar-refractivity contribution in [3.05, 3.63) is 12.4 Å². The van der Waals surface area contributed by atoms with Gasteiger partial charge in [0.2, 0.25) is 16.0 Å². The quantitative estimate of drug-likeness (QED) is 0.811. The molecule has 1 aliphatic heterocycles. The fraction of sp³-hybridized carbons (Fsp3) is 0.692. The summed E-state index contributed by atoms with van der Waals surface area (Å²) in [6, 6.07) is 0. The van der Waals surface area contributed by atoms with Crippen LogP contribution < -0.4 is 5.32 Å². The minimum Gasteiger partial charge on any atom is -0.377 e. The van der Waals surface area contributed by atoms with Crippen molar-refractivity contribution in [1.29, 1.82) is 0 Å². The second-order valence-electron chi connectivity index (χ2n) is 4.86. The average Bonchev–Trinajstić information content (AvgIpc) is 2.98. The van der Waals surface area contributed by atoms with Crippen LogP contribution in [0, 0.1) is 0 Å². The zero-order valence-corrected chi connectivity index (χ0v) is 13.3. The Morgan fingerprint density at radius 3 is 2.62 bits per heavy atom. The number of sulfonamides is 1. The molecule has 1 fully saturated rings. The number of hydrogen-bond acceptors (Lipinski definition) is 6. The number of anilines is 1. The minimum atomic E-state index is -3.57. The Bertz CT molecular complexity index is 541. The highest BCUT2D eigenvalue weighted by Gasteiger charge is 2.28. The van der Waals surface area contributed by atoms with Crippen LogP contribution in [0.2, 0.25) is 0 Å². The summed E-state index contributed by atoms with van der Waals surface area (Å²) in [5.74, 6) is 0.429. The molecule has 0 saturated carbocycles. The van der Waals surface area contributed by atoms with Crippen molar-refractivity contribution in [2.24, 2.45) is 0 Å². The number of hydrogen-bond donors (Lipinski definition) is 1. The highest BCUT2D eigenvalue weighted by molar-refractivity contribution is 7.89. The molecule has 1 saturated heterocycles. The number of aromatic nitrogens is 2. The van der Waals surface area contributed by atoms with Crippen LogP contribution in [0.1, 0.15) is 26.7 Å². The summed E-state index contributed by atoms with van der Waals surface area (Å²) in [5.41, 5.74) is 0. The molecule has 0 radical (unpaired) electrons. The highest BCUT2D eigenvalue weighted by Crippen LogP contribution is 2.19. The molecule has 0 bridgehead atoms. The van der Waals surface area contributed by atoms with E-state index in [1.54, 1.807) is 0 Å². The zero-order chi connectivity index (χ0) is 15.3. The van der Waals surface area contributed by atoms with Gasteiger partial charge in [-0.25, -0.2) is 18.4 Å². The SMILES string of the molecule is CCNc1ncc(S(=O)(=O)N(CC)CC2CCCO2)cn1. The Hall–Kier alpha value is -1.25. The third-order valence-electron chi connectivity index (χ3n) is 3.38. The van der Waals surface area contributed by atoms with E-state index in [1.165, 1.54) is 16.7 Å². The first kappa shape index (κ1) is 16.1. The fourth-order valence-electron chi connectivity index (χ4n) is 2.26. The molecule has 1 unspecified atom stereocenters. The molecule has 1 N–H and O–H groups in total. The standard InChI is InChI=1S/C13H22N4O3S/c1-3-14-13-15-8-12(9-16-13)21(18,19)17(4-2)10-11-6-5-7-20-11/h8-9,11H,3-7,10H2,1-2H3,(H,14,15,16). The molecule has 0 aromatic carbocycles. The van der Waals surface area contributed by atoms with E-state index >= 15 is 0 Å². The van der Waals surface area contributed by atoms with Crippen LogP contribution in [0.15, 0.2) is 17.3 Å². The Morgan fingerprint density at radius 1 is 1.38 bits per heavy atom. The average molecular weight is 314 g/mol. The van der Waals surface area contributed by atoms with E-state index in [0.717, 1.165) is 12.8 Å². The molecule has 1 aromatic heterocycles. The number of ether oxygens (including phenoxy) is 1. The number of rotatable bonds is 7. The van der Waals surface area contributed by atoms with E-state index in [1.807, 2.05) is 13.8 Å². The van der Waals surface area contributed by atoms with Gasteiger partial charge >= 0.3 is 0 Å². The molecule has 1 aliphatic rings. The number of likely N-dealkylation sites (N-methyl/N-ethyl adjacent to an activating group) is 1. The van der Waals surface area contributed by atoms with Crippen LogP contribution in [0.3, 0.4) is 0 Å². The monoisotopic (exact) mass is 314 g/mol. The molecule has 7 nitrogen and oxygen atoms in total. The van der Waals surface area contributed by atoms with Crippen LogP contribution in [-0.4, -0.2) is 55.0 Å². The predicted octanol–water partition coefficient (Wildman–Crippen LogP) is 1.10. The van der Waals surface area contributed by atoms with Crippen LogP contribution in [-0.2, 0) is 14.8 Å². The van der Waals surface area contributed by atoms with E-state index in [4.69, 9.17) is 4.74 Å². The molecular formula is C13H22N4O3S. The second-order valence-corrected chi connectivity index (χ2v) is 6.80. The van der Waals surface area contributed by atoms with Gasteiger partial charge in [-0.05, 0) is 19.8 Å². The van der Waals surface area contributed by atoms with Crippen molar-refractivity contribution in [1.82, 2.24) is 14.3 Å². The summed E-state index contributed by atoms with van der Waals surface area (Å²) in [6.45, 7) is 5.93. The van der Waals surface area contributed by atoms with Crippen LogP contribution in [0.5, 0.6) is 0 Å². The summed E-state index contributed by atoms with van der Waals surface area (Å²) in [6.07, 6.45) is 4.57. The topological polar surface area (TPSA) is 84.4 Å². The lowest BCUT2D eigenvalue weighted by atomic mass is 10.2. The van der Waals surface area contributed by atoms with Gasteiger partial charge < -0.3 is 10.1 Å². The van der Waals surface area contributed by atoms with Gasteiger partial charge in [0.15, 0.2) is 0 Å². The number of nitrogens with one attached hydrogen (secondary N) is 1. The van der Waals surface area contributed by atoms with Crippen molar-refractivity contribution in [3.63, 3.8) is 0 Å². The fourth-order valence-corrected chi connectivity index (χ4v) is 3.63. The maximum absolute atomic E-state index is 12.6. The normalized spacial score (nSPS) is 19.1. The van der Waals surface area contributed by atoms with Gasteiger partial charge in [0.05, 0.1) is 18.5 Å². The largest absolute Gasteiger partial charge is 0.377 e. The van der Waals surface area contributed by atoms with Crippen molar-refractivity contribution in [3.8, 4) is 0 Å². The second kappa shape index (κ2) is 7.15. The van der Waals surface area contributed by atoms with Crippen molar-refractivity contribution < 1.29 is 13.2 Å². The molecule has 1 aromatic rings. The first-order valence-corrected chi connectivity index (χ1v) is 8.69. The van der Waals surface area contributed by atoms with E-state index in [0.29, 0.717) is 32.2 Å². The lowest BCUT2D eigenvalue weighted by Gasteiger charge is -2.23. The molecule has 118 valence electrons. The van der Waals surface area contributed by atoms with Crippen LogP contribution >= 0.6 is 0 Å². The van der Waals surface area contributed by atoms with E-state index in [2.05, 4.69) is 15.3 Å². The molecule has 8 heteroatoms. The Labute approximate surface area is 125 Å². The molecule has 0 spiro atoms. The summed E-state index contributed by atoms with van der Waals surface area (Å²) in [4.78, 5) is 8.16. The molecule has 21 heavy (non-hydrogen) atoms. The molecule has 1 atom stereocenters. The molecule has 0 aliphatic carbocycles. The third-order valence-corrected chi connectivity index (χ3v) is 5.28. The van der Waals surface area contributed by atoms with Gasteiger partial charge in [0, 0.05) is 26.2 Å². The first-order chi connectivity index (χ1) is 10.1. The van der Waals surface area contributed by atoms with Crippen molar-refractivity contribution in [2.75, 3.05) is 31.6 Å². The van der Waals surface area contributed by atoms with E-state index < -0.39 is 10.0 Å². The van der Waals surface area contributed by atoms with E-state index in [9.17, 15) is 8.42 Å². The van der Waals surface area contributed by atoms with Gasteiger partial charge in [0.1, 0.15) is 4.90 Å². The highest BCUT2D eigenvalue weighted by atomic mass is 32.2. The molecule has 2 heterocycles. The predicted molar refractivity (Wildman–Crippen MR) is 79.6 cm³/mol. The first-order valence-electron chi connectivity index (χ1n) is 7.25. The van der Waals surface area contributed by atoms with Gasteiger partial charge in [-0.15, -0.1) is 0 Å². The maximum atomic E-state index is 12.6.